The van der Waals surface area contributed by atoms with E-state index in [0.717, 1.165) is 21.9 Å². The summed E-state index contributed by atoms with van der Waals surface area (Å²) < 4.78 is 34.5. The molecule has 2 unspecified atom stereocenters. The molecule has 3 aromatic carbocycles. The monoisotopic (exact) mass is 353 g/mol. The molecular weight excluding hydrogens is 334 g/mol. The Bertz CT molecular complexity index is 1010. The molecule has 25 heavy (non-hydrogen) atoms. The molecule has 1 aliphatic carbocycles. The lowest BCUT2D eigenvalue weighted by Gasteiger charge is -2.23. The average molecular weight is 353 g/mol. The van der Waals surface area contributed by atoms with Gasteiger partial charge in [0.15, 0.2) is 0 Å². The van der Waals surface area contributed by atoms with Crippen LogP contribution in [0.25, 0.3) is 10.8 Å². The molecule has 3 aromatic rings. The molecule has 5 heteroatoms. The minimum Gasteiger partial charge on any atom is -0.372 e. The van der Waals surface area contributed by atoms with Crippen molar-refractivity contribution >= 4 is 20.8 Å². The molecule has 1 aliphatic rings. The van der Waals surface area contributed by atoms with Crippen molar-refractivity contribution in [3.63, 3.8) is 0 Å². The highest BCUT2D eigenvalue weighted by molar-refractivity contribution is 7.89. The van der Waals surface area contributed by atoms with E-state index in [1.54, 1.807) is 30.3 Å². The molecule has 4 nitrogen and oxygen atoms in total. The molecule has 0 fully saturated rings. The SMILES string of the molecule is CCOC1c2cccc3cccc(c23)C1NS(=O)(=O)c1ccccc1. The van der Waals surface area contributed by atoms with Crippen LogP contribution < -0.4 is 4.72 Å². The van der Waals surface area contributed by atoms with Crippen LogP contribution in [-0.4, -0.2) is 15.0 Å². The van der Waals surface area contributed by atoms with Crippen LogP contribution in [0.1, 0.15) is 30.2 Å². The first-order chi connectivity index (χ1) is 12.1. The zero-order chi connectivity index (χ0) is 17.4. The molecule has 1 N–H and O–H groups in total. The molecule has 0 saturated heterocycles. The van der Waals surface area contributed by atoms with E-state index in [1.165, 1.54) is 0 Å². The molecule has 0 heterocycles. The van der Waals surface area contributed by atoms with Gasteiger partial charge in [-0.15, -0.1) is 0 Å². The fourth-order valence-electron chi connectivity index (χ4n) is 3.56. The molecule has 4 rings (SSSR count). The fourth-order valence-corrected chi connectivity index (χ4v) is 4.80. The summed E-state index contributed by atoms with van der Waals surface area (Å²) in [5.41, 5.74) is 2.00. The first-order valence-corrected chi connectivity index (χ1v) is 9.80. The van der Waals surface area contributed by atoms with Gasteiger partial charge in [0.2, 0.25) is 10.0 Å². The minimum absolute atomic E-state index is 0.258. The summed E-state index contributed by atoms with van der Waals surface area (Å²) in [6.07, 6.45) is -0.329. The zero-order valence-corrected chi connectivity index (χ0v) is 14.7. The average Bonchev–Trinajstić information content (AvgIpc) is 2.92. The van der Waals surface area contributed by atoms with Gasteiger partial charge < -0.3 is 4.74 Å². The van der Waals surface area contributed by atoms with Crippen LogP contribution in [-0.2, 0) is 14.8 Å². The van der Waals surface area contributed by atoms with Crippen molar-refractivity contribution in [1.82, 2.24) is 4.72 Å². The van der Waals surface area contributed by atoms with Crippen LogP contribution in [0.4, 0.5) is 0 Å². The topological polar surface area (TPSA) is 55.4 Å². The van der Waals surface area contributed by atoms with Gasteiger partial charge in [-0.2, -0.15) is 0 Å². The molecular formula is C20H19NO3S. The summed E-state index contributed by atoms with van der Waals surface area (Å²) in [5.74, 6) is 0. The number of nitrogens with one attached hydrogen (secondary N) is 1. The second kappa shape index (κ2) is 6.26. The van der Waals surface area contributed by atoms with Crippen LogP contribution in [0.5, 0.6) is 0 Å². The van der Waals surface area contributed by atoms with E-state index in [4.69, 9.17) is 4.74 Å². The molecule has 0 radical (unpaired) electrons. The van der Waals surface area contributed by atoms with E-state index >= 15 is 0 Å². The number of sulfonamides is 1. The predicted molar refractivity (Wildman–Crippen MR) is 97.8 cm³/mol. The van der Waals surface area contributed by atoms with Crippen molar-refractivity contribution in [1.29, 1.82) is 0 Å². The van der Waals surface area contributed by atoms with Crippen molar-refractivity contribution in [2.45, 2.75) is 24.0 Å². The number of ether oxygens (including phenoxy) is 1. The second-order valence-corrected chi connectivity index (χ2v) is 7.79. The highest BCUT2D eigenvalue weighted by Crippen LogP contribution is 2.46. The fraction of sp³-hybridized carbons (Fsp3) is 0.200. The largest absolute Gasteiger partial charge is 0.372 e. The predicted octanol–water partition coefficient (Wildman–Crippen LogP) is 3.95. The Balaban J connectivity index is 1.80. The van der Waals surface area contributed by atoms with Gasteiger partial charge in [0.1, 0.15) is 6.10 Å². The number of hydrogen-bond donors (Lipinski definition) is 1. The van der Waals surface area contributed by atoms with Gasteiger partial charge in [0, 0.05) is 6.61 Å². The standard InChI is InChI=1S/C20H19NO3S/c1-2-24-20-17-13-7-9-14-8-6-12-16(18(14)17)19(20)21-25(22,23)15-10-4-3-5-11-15/h3-13,19-21H,2H2,1H3. The molecule has 2 atom stereocenters. The van der Waals surface area contributed by atoms with Crippen LogP contribution in [0.2, 0.25) is 0 Å². The Labute approximate surface area is 147 Å². The third-order valence-corrected chi connectivity index (χ3v) is 6.05. The second-order valence-electron chi connectivity index (χ2n) is 6.08. The van der Waals surface area contributed by atoms with Gasteiger partial charge >= 0.3 is 0 Å². The number of hydrogen-bond acceptors (Lipinski definition) is 3. The molecule has 0 aliphatic heterocycles. The smallest absolute Gasteiger partial charge is 0.241 e. The van der Waals surface area contributed by atoms with Gasteiger partial charge in [-0.05, 0) is 41.0 Å². The molecule has 0 bridgehead atoms. The van der Waals surface area contributed by atoms with E-state index in [0.29, 0.717) is 6.61 Å². The summed E-state index contributed by atoms with van der Waals surface area (Å²) in [4.78, 5) is 0.258. The van der Waals surface area contributed by atoms with Gasteiger partial charge in [-0.25, -0.2) is 13.1 Å². The highest BCUT2D eigenvalue weighted by atomic mass is 32.2. The summed E-state index contributed by atoms with van der Waals surface area (Å²) >= 11 is 0. The van der Waals surface area contributed by atoms with Crippen molar-refractivity contribution in [2.24, 2.45) is 0 Å². The normalized spacial score (nSPS) is 19.4. The number of rotatable bonds is 5. The van der Waals surface area contributed by atoms with E-state index in [1.807, 2.05) is 43.3 Å². The van der Waals surface area contributed by atoms with Crippen LogP contribution in [0.15, 0.2) is 71.6 Å². The van der Waals surface area contributed by atoms with Crippen molar-refractivity contribution in [3.8, 4) is 0 Å². The Morgan fingerprint density at radius 1 is 0.920 bits per heavy atom. The first kappa shape index (κ1) is 16.3. The van der Waals surface area contributed by atoms with Crippen LogP contribution >= 0.6 is 0 Å². The van der Waals surface area contributed by atoms with Gasteiger partial charge in [0.25, 0.3) is 0 Å². The molecule has 0 spiro atoms. The van der Waals surface area contributed by atoms with Crippen molar-refractivity contribution in [3.05, 3.63) is 77.9 Å². The minimum atomic E-state index is -3.64. The van der Waals surface area contributed by atoms with E-state index in [-0.39, 0.29) is 11.0 Å². The van der Waals surface area contributed by atoms with Gasteiger partial charge in [-0.3, -0.25) is 0 Å². The maximum absolute atomic E-state index is 12.8. The lowest BCUT2D eigenvalue weighted by molar-refractivity contribution is 0.0441. The van der Waals surface area contributed by atoms with Crippen molar-refractivity contribution in [2.75, 3.05) is 6.61 Å². The lowest BCUT2D eigenvalue weighted by atomic mass is 10.1. The Morgan fingerprint density at radius 3 is 2.28 bits per heavy atom. The maximum atomic E-state index is 12.8. The lowest BCUT2D eigenvalue weighted by Crippen LogP contribution is -2.31. The van der Waals surface area contributed by atoms with Gasteiger partial charge in [-0.1, -0.05) is 54.6 Å². The van der Waals surface area contributed by atoms with Crippen LogP contribution in [0, 0.1) is 0 Å². The quantitative estimate of drug-likeness (QED) is 0.756. The Morgan fingerprint density at radius 2 is 1.60 bits per heavy atom. The molecule has 0 saturated carbocycles. The first-order valence-electron chi connectivity index (χ1n) is 8.32. The summed E-state index contributed by atoms with van der Waals surface area (Å²) in [7, 11) is -3.64. The van der Waals surface area contributed by atoms with E-state index in [9.17, 15) is 8.42 Å². The molecule has 0 amide bonds. The van der Waals surface area contributed by atoms with Crippen molar-refractivity contribution < 1.29 is 13.2 Å². The van der Waals surface area contributed by atoms with E-state index < -0.39 is 16.1 Å². The zero-order valence-electron chi connectivity index (χ0n) is 13.8. The summed E-state index contributed by atoms with van der Waals surface area (Å²) in [5, 5.41) is 2.19. The Kier molecular flexibility index (Phi) is 4.07. The summed E-state index contributed by atoms with van der Waals surface area (Å²) in [6.45, 7) is 2.44. The van der Waals surface area contributed by atoms with Crippen LogP contribution in [0.3, 0.4) is 0 Å². The Hall–Kier alpha value is -2.21. The third-order valence-electron chi connectivity index (χ3n) is 4.60. The number of benzene rings is 3. The van der Waals surface area contributed by atoms with E-state index in [2.05, 4.69) is 4.72 Å². The van der Waals surface area contributed by atoms with Gasteiger partial charge in [0.05, 0.1) is 10.9 Å². The maximum Gasteiger partial charge on any atom is 0.241 e. The molecule has 128 valence electrons. The third kappa shape index (κ3) is 2.74. The highest BCUT2D eigenvalue weighted by Gasteiger charge is 2.37. The summed E-state index contributed by atoms with van der Waals surface area (Å²) in [6, 6.07) is 20.0. The molecule has 0 aromatic heterocycles.